The summed E-state index contributed by atoms with van der Waals surface area (Å²) in [5.74, 6) is 0. The first-order valence-electron chi connectivity index (χ1n) is 7.88. The third-order valence-corrected chi connectivity index (χ3v) is 3.93. The number of nitrogens with zero attached hydrogens (tertiary/aromatic N) is 2. The van der Waals surface area contributed by atoms with E-state index in [0.717, 1.165) is 36.1 Å². The molecule has 6 heteroatoms. The Kier molecular flexibility index (Phi) is 4.71. The third kappa shape index (κ3) is 3.97. The van der Waals surface area contributed by atoms with E-state index in [1.165, 1.54) is 4.68 Å². The molecule has 2 N–H and O–H groups in total. The Hall–Kier alpha value is -2.63. The number of fused-ring (bicyclic) bond motifs is 1. The van der Waals surface area contributed by atoms with E-state index in [1.807, 2.05) is 30.3 Å². The van der Waals surface area contributed by atoms with Crippen LogP contribution in [0, 0.1) is 0 Å². The Labute approximate surface area is 134 Å². The summed E-state index contributed by atoms with van der Waals surface area (Å²) in [5.41, 5.74) is 3.02. The van der Waals surface area contributed by atoms with Gasteiger partial charge < -0.3 is 10.6 Å². The number of amides is 2. The minimum absolute atomic E-state index is 0.0999. The van der Waals surface area contributed by atoms with Crippen molar-refractivity contribution in [2.24, 2.45) is 0 Å². The summed E-state index contributed by atoms with van der Waals surface area (Å²) in [6.07, 6.45) is 2.94. The predicted octanol–water partition coefficient (Wildman–Crippen LogP) is 1.23. The van der Waals surface area contributed by atoms with Crippen LogP contribution in [0.15, 0.2) is 41.2 Å². The lowest BCUT2D eigenvalue weighted by atomic mass is 10.2. The van der Waals surface area contributed by atoms with Crippen molar-refractivity contribution in [1.82, 2.24) is 20.4 Å². The summed E-state index contributed by atoms with van der Waals surface area (Å²) in [7, 11) is 0. The number of carbonyl (C=O) groups excluding carboxylic acids is 1. The van der Waals surface area contributed by atoms with E-state index in [9.17, 15) is 9.59 Å². The maximum Gasteiger partial charge on any atom is 0.315 e. The van der Waals surface area contributed by atoms with E-state index in [1.54, 1.807) is 6.07 Å². The molecule has 0 atom stereocenters. The first-order valence-corrected chi connectivity index (χ1v) is 7.88. The van der Waals surface area contributed by atoms with Gasteiger partial charge in [-0.1, -0.05) is 30.3 Å². The van der Waals surface area contributed by atoms with Gasteiger partial charge >= 0.3 is 6.03 Å². The SMILES string of the molecule is O=C(NCCn1nc2c(cc1=O)CCC2)NCc1ccccc1. The van der Waals surface area contributed by atoms with Crippen LogP contribution in [0.2, 0.25) is 0 Å². The van der Waals surface area contributed by atoms with Crippen LogP contribution in [0.25, 0.3) is 0 Å². The smallest absolute Gasteiger partial charge is 0.315 e. The molecule has 1 aromatic heterocycles. The second-order valence-corrected chi connectivity index (χ2v) is 5.63. The van der Waals surface area contributed by atoms with Gasteiger partial charge in [0.1, 0.15) is 0 Å². The van der Waals surface area contributed by atoms with Crippen LogP contribution in [0.3, 0.4) is 0 Å². The summed E-state index contributed by atoms with van der Waals surface area (Å²) in [4.78, 5) is 23.7. The monoisotopic (exact) mass is 312 g/mol. The van der Waals surface area contributed by atoms with E-state index < -0.39 is 0 Å². The molecule has 2 aromatic rings. The number of aryl methyl sites for hydroxylation is 2. The van der Waals surface area contributed by atoms with Crippen molar-refractivity contribution >= 4 is 6.03 Å². The van der Waals surface area contributed by atoms with Gasteiger partial charge in [-0.05, 0) is 30.4 Å². The van der Waals surface area contributed by atoms with Crippen LogP contribution in [0.5, 0.6) is 0 Å². The molecule has 0 spiro atoms. The standard InChI is InChI=1S/C17H20N4O2/c22-16-11-14-7-4-8-15(14)20-21(16)10-9-18-17(23)19-12-13-5-2-1-3-6-13/h1-3,5-6,11H,4,7-10,12H2,(H2,18,19,23). The number of rotatable bonds is 5. The van der Waals surface area contributed by atoms with Crippen LogP contribution in [0.1, 0.15) is 23.2 Å². The van der Waals surface area contributed by atoms with Gasteiger partial charge in [0.2, 0.25) is 0 Å². The van der Waals surface area contributed by atoms with Crippen molar-refractivity contribution in [1.29, 1.82) is 0 Å². The maximum absolute atomic E-state index is 11.9. The quantitative estimate of drug-likeness (QED) is 0.872. The summed E-state index contributed by atoms with van der Waals surface area (Å²) >= 11 is 0. The average molecular weight is 312 g/mol. The Bertz CT molecular complexity index is 740. The van der Waals surface area contributed by atoms with Gasteiger partial charge in [-0.15, -0.1) is 0 Å². The highest BCUT2D eigenvalue weighted by molar-refractivity contribution is 5.73. The van der Waals surface area contributed by atoms with Crippen LogP contribution >= 0.6 is 0 Å². The van der Waals surface area contributed by atoms with Gasteiger partial charge in [0.15, 0.2) is 0 Å². The molecule has 0 saturated carbocycles. The zero-order valence-corrected chi connectivity index (χ0v) is 12.9. The molecule has 0 unspecified atom stereocenters. The maximum atomic E-state index is 11.9. The molecule has 0 bridgehead atoms. The second-order valence-electron chi connectivity index (χ2n) is 5.63. The van der Waals surface area contributed by atoms with Crippen LogP contribution in [0.4, 0.5) is 4.79 Å². The first-order chi connectivity index (χ1) is 11.2. The minimum Gasteiger partial charge on any atom is -0.336 e. The summed E-state index contributed by atoms with van der Waals surface area (Å²) < 4.78 is 1.43. The van der Waals surface area contributed by atoms with Crippen LogP contribution in [-0.4, -0.2) is 22.4 Å². The zero-order valence-electron chi connectivity index (χ0n) is 12.9. The lowest BCUT2D eigenvalue weighted by molar-refractivity contribution is 0.240. The fraction of sp³-hybridized carbons (Fsp3) is 0.353. The number of urea groups is 1. The average Bonchev–Trinajstić information content (AvgIpc) is 3.01. The first kappa shape index (κ1) is 15.3. The van der Waals surface area contributed by atoms with E-state index >= 15 is 0 Å². The number of benzene rings is 1. The Morgan fingerprint density at radius 3 is 2.83 bits per heavy atom. The van der Waals surface area contributed by atoms with Crippen molar-refractivity contribution in [3.63, 3.8) is 0 Å². The molecule has 0 saturated heterocycles. The third-order valence-electron chi connectivity index (χ3n) is 3.93. The van der Waals surface area contributed by atoms with Gasteiger partial charge in [0.05, 0.1) is 12.2 Å². The number of carbonyl (C=O) groups is 1. The summed E-state index contributed by atoms with van der Waals surface area (Å²) in [5, 5.41) is 9.91. The number of nitrogens with one attached hydrogen (secondary N) is 2. The van der Waals surface area contributed by atoms with Crippen LogP contribution in [-0.2, 0) is 25.9 Å². The molecule has 0 fully saturated rings. The fourth-order valence-corrected chi connectivity index (χ4v) is 2.72. The molecular formula is C17H20N4O2. The number of hydrogen-bond donors (Lipinski definition) is 2. The molecule has 0 aliphatic heterocycles. The molecule has 6 nitrogen and oxygen atoms in total. The highest BCUT2D eigenvalue weighted by atomic mass is 16.2. The Morgan fingerprint density at radius 1 is 1.17 bits per heavy atom. The van der Waals surface area contributed by atoms with Gasteiger partial charge in [-0.3, -0.25) is 4.79 Å². The molecule has 2 amide bonds. The summed E-state index contributed by atoms with van der Waals surface area (Å²) in [6, 6.07) is 11.1. The van der Waals surface area contributed by atoms with Gasteiger partial charge in [0, 0.05) is 19.2 Å². The number of hydrogen-bond acceptors (Lipinski definition) is 3. The zero-order chi connectivity index (χ0) is 16.1. The number of aromatic nitrogens is 2. The molecule has 1 aliphatic rings. The topological polar surface area (TPSA) is 76.0 Å². The van der Waals surface area contributed by atoms with Gasteiger partial charge in [-0.2, -0.15) is 5.10 Å². The highest BCUT2D eigenvalue weighted by Gasteiger charge is 2.14. The summed E-state index contributed by atoms with van der Waals surface area (Å²) in [6.45, 7) is 1.22. The molecule has 3 rings (SSSR count). The van der Waals surface area contributed by atoms with E-state index in [-0.39, 0.29) is 11.6 Å². The van der Waals surface area contributed by atoms with Crippen molar-refractivity contribution in [2.75, 3.05) is 6.54 Å². The van der Waals surface area contributed by atoms with E-state index in [0.29, 0.717) is 19.6 Å². The normalized spacial score (nSPS) is 12.7. The largest absolute Gasteiger partial charge is 0.336 e. The lowest BCUT2D eigenvalue weighted by Crippen LogP contribution is -2.38. The van der Waals surface area contributed by atoms with Gasteiger partial charge in [0.25, 0.3) is 5.56 Å². The fourth-order valence-electron chi connectivity index (χ4n) is 2.72. The van der Waals surface area contributed by atoms with Crippen molar-refractivity contribution in [2.45, 2.75) is 32.4 Å². The molecule has 1 aromatic carbocycles. The minimum atomic E-state index is -0.247. The van der Waals surface area contributed by atoms with Gasteiger partial charge in [-0.25, -0.2) is 9.48 Å². The second kappa shape index (κ2) is 7.09. The van der Waals surface area contributed by atoms with Crippen molar-refractivity contribution < 1.29 is 4.79 Å². The molecule has 1 heterocycles. The lowest BCUT2D eigenvalue weighted by Gasteiger charge is -2.09. The highest BCUT2D eigenvalue weighted by Crippen LogP contribution is 2.16. The molecule has 1 aliphatic carbocycles. The predicted molar refractivity (Wildman–Crippen MR) is 87.2 cm³/mol. The van der Waals surface area contributed by atoms with Crippen molar-refractivity contribution in [3.05, 3.63) is 63.6 Å². The molecule has 23 heavy (non-hydrogen) atoms. The Balaban J connectivity index is 1.46. The molecule has 0 radical (unpaired) electrons. The van der Waals surface area contributed by atoms with E-state index in [4.69, 9.17) is 0 Å². The van der Waals surface area contributed by atoms with Crippen molar-refractivity contribution in [3.8, 4) is 0 Å². The molecule has 120 valence electrons. The molecular weight excluding hydrogens is 292 g/mol. The van der Waals surface area contributed by atoms with E-state index in [2.05, 4.69) is 15.7 Å². The Morgan fingerprint density at radius 2 is 2.00 bits per heavy atom. The van der Waals surface area contributed by atoms with Crippen LogP contribution < -0.4 is 16.2 Å².